The Morgan fingerprint density at radius 1 is 0.923 bits per heavy atom. The minimum atomic E-state index is -4.12. The molecule has 0 saturated carbocycles. The van der Waals surface area contributed by atoms with Crippen LogP contribution in [-0.4, -0.2) is 13.0 Å². The summed E-state index contributed by atoms with van der Waals surface area (Å²) < 4.78 is 54.7. The van der Waals surface area contributed by atoms with E-state index < -0.39 is 26.6 Å². The Kier molecular flexibility index (Phi) is 4.85. The van der Waals surface area contributed by atoms with Gasteiger partial charge in [-0.2, -0.15) is 0 Å². The van der Waals surface area contributed by atoms with E-state index in [1.165, 1.54) is 22.8 Å². The highest BCUT2D eigenvalue weighted by Gasteiger charge is 2.16. The maximum absolute atomic E-state index is 13.2. The van der Waals surface area contributed by atoms with Gasteiger partial charge in [0.2, 0.25) is 0 Å². The van der Waals surface area contributed by atoms with Crippen LogP contribution in [0.3, 0.4) is 0 Å². The third-order valence-electron chi connectivity index (χ3n) is 3.60. The topological polar surface area (TPSA) is 68.2 Å². The number of pyridine rings is 1. The van der Waals surface area contributed by atoms with E-state index in [9.17, 15) is 22.0 Å². The van der Waals surface area contributed by atoms with Crippen molar-refractivity contribution >= 4 is 15.7 Å². The van der Waals surface area contributed by atoms with Crippen molar-refractivity contribution in [1.29, 1.82) is 0 Å². The SMILES string of the molecule is O=c1ccccn1Cc1ccc(NS(=O)(=O)c2cc(F)cc(F)c2)cc1. The van der Waals surface area contributed by atoms with Gasteiger partial charge in [-0.05, 0) is 35.9 Å². The highest BCUT2D eigenvalue weighted by molar-refractivity contribution is 7.92. The van der Waals surface area contributed by atoms with E-state index >= 15 is 0 Å². The van der Waals surface area contributed by atoms with Gasteiger partial charge in [0.1, 0.15) is 11.6 Å². The molecule has 0 atom stereocenters. The molecule has 1 heterocycles. The van der Waals surface area contributed by atoms with Gasteiger partial charge in [-0.15, -0.1) is 0 Å². The first-order valence-corrected chi connectivity index (χ1v) is 9.05. The smallest absolute Gasteiger partial charge is 0.262 e. The molecule has 0 aliphatic carbocycles. The molecule has 0 spiro atoms. The Morgan fingerprint density at radius 2 is 1.58 bits per heavy atom. The van der Waals surface area contributed by atoms with Gasteiger partial charge >= 0.3 is 0 Å². The molecular weight excluding hydrogens is 362 g/mol. The lowest BCUT2D eigenvalue weighted by Gasteiger charge is -2.10. The molecule has 2 aromatic carbocycles. The van der Waals surface area contributed by atoms with E-state index in [0.29, 0.717) is 12.6 Å². The molecule has 5 nitrogen and oxygen atoms in total. The molecule has 0 aliphatic rings. The maximum Gasteiger partial charge on any atom is 0.262 e. The van der Waals surface area contributed by atoms with Crippen molar-refractivity contribution < 1.29 is 17.2 Å². The second-order valence-electron chi connectivity index (χ2n) is 5.57. The van der Waals surface area contributed by atoms with Crippen molar-refractivity contribution in [3.63, 3.8) is 0 Å². The summed E-state index contributed by atoms with van der Waals surface area (Å²) in [5, 5.41) is 0. The molecule has 0 unspecified atom stereocenters. The van der Waals surface area contributed by atoms with Crippen LogP contribution in [0.4, 0.5) is 14.5 Å². The van der Waals surface area contributed by atoms with E-state index in [2.05, 4.69) is 4.72 Å². The van der Waals surface area contributed by atoms with Crippen molar-refractivity contribution in [3.05, 3.63) is 94.4 Å². The monoisotopic (exact) mass is 376 g/mol. The number of aromatic nitrogens is 1. The number of hydrogen-bond donors (Lipinski definition) is 1. The van der Waals surface area contributed by atoms with Crippen molar-refractivity contribution in [2.24, 2.45) is 0 Å². The van der Waals surface area contributed by atoms with Gasteiger partial charge in [0.15, 0.2) is 0 Å². The summed E-state index contributed by atoms with van der Waals surface area (Å²) in [5.41, 5.74) is 0.877. The van der Waals surface area contributed by atoms with Crippen LogP contribution < -0.4 is 10.3 Å². The second-order valence-corrected chi connectivity index (χ2v) is 7.26. The van der Waals surface area contributed by atoms with Crippen LogP contribution in [0.25, 0.3) is 0 Å². The quantitative estimate of drug-likeness (QED) is 0.744. The molecule has 0 amide bonds. The van der Waals surface area contributed by atoms with Crippen LogP contribution in [0.5, 0.6) is 0 Å². The standard InChI is InChI=1S/C18H14F2N2O3S/c19-14-9-15(20)11-17(10-14)26(24,25)21-16-6-4-13(5-7-16)12-22-8-2-1-3-18(22)23/h1-11,21H,12H2. The maximum atomic E-state index is 13.2. The van der Waals surface area contributed by atoms with Crippen LogP contribution in [0.1, 0.15) is 5.56 Å². The molecule has 3 aromatic rings. The molecular formula is C18H14F2N2O3S. The zero-order chi connectivity index (χ0) is 18.7. The molecule has 3 rings (SSSR count). The van der Waals surface area contributed by atoms with E-state index in [0.717, 1.165) is 17.7 Å². The lowest BCUT2D eigenvalue weighted by atomic mass is 10.2. The molecule has 0 fully saturated rings. The lowest BCUT2D eigenvalue weighted by Crippen LogP contribution is -2.18. The molecule has 26 heavy (non-hydrogen) atoms. The Bertz CT molecular complexity index is 1070. The van der Waals surface area contributed by atoms with Crippen molar-refractivity contribution in [1.82, 2.24) is 4.57 Å². The zero-order valence-corrected chi connectivity index (χ0v) is 14.2. The highest BCUT2D eigenvalue weighted by atomic mass is 32.2. The number of nitrogens with one attached hydrogen (secondary N) is 1. The summed E-state index contributed by atoms with van der Waals surface area (Å²) >= 11 is 0. The summed E-state index contributed by atoms with van der Waals surface area (Å²) in [5.74, 6) is -1.96. The average Bonchev–Trinajstić information content (AvgIpc) is 2.57. The number of benzene rings is 2. The Labute approximate surface area is 148 Å². The normalized spacial score (nSPS) is 11.3. The van der Waals surface area contributed by atoms with E-state index in [1.54, 1.807) is 30.5 Å². The fourth-order valence-corrected chi connectivity index (χ4v) is 3.46. The number of hydrogen-bond acceptors (Lipinski definition) is 3. The predicted octanol–water partition coefficient (Wildman–Crippen LogP) is 2.98. The van der Waals surface area contributed by atoms with E-state index in [4.69, 9.17) is 0 Å². The summed E-state index contributed by atoms with van der Waals surface area (Å²) in [7, 11) is -4.12. The molecule has 1 aromatic heterocycles. The molecule has 0 aliphatic heterocycles. The van der Waals surface area contributed by atoms with Gasteiger partial charge in [-0.25, -0.2) is 17.2 Å². The molecule has 0 radical (unpaired) electrons. The lowest BCUT2D eigenvalue weighted by molar-refractivity contribution is 0.568. The van der Waals surface area contributed by atoms with E-state index in [-0.39, 0.29) is 11.2 Å². The van der Waals surface area contributed by atoms with Crippen LogP contribution in [-0.2, 0) is 16.6 Å². The van der Waals surface area contributed by atoms with Crippen LogP contribution in [0.2, 0.25) is 0 Å². The van der Waals surface area contributed by atoms with Gasteiger partial charge in [-0.1, -0.05) is 18.2 Å². The number of rotatable bonds is 5. The minimum absolute atomic E-state index is 0.148. The summed E-state index contributed by atoms with van der Waals surface area (Å²) in [6.45, 7) is 0.335. The van der Waals surface area contributed by atoms with Crippen LogP contribution >= 0.6 is 0 Å². The number of anilines is 1. The summed E-state index contributed by atoms with van der Waals surface area (Å²) in [6, 6.07) is 13.2. The minimum Gasteiger partial charge on any atom is -0.311 e. The van der Waals surface area contributed by atoms with Gasteiger partial charge in [0, 0.05) is 24.0 Å². The van der Waals surface area contributed by atoms with Crippen LogP contribution in [0, 0.1) is 11.6 Å². The Balaban J connectivity index is 1.78. The first-order valence-electron chi connectivity index (χ1n) is 7.57. The first-order chi connectivity index (χ1) is 12.3. The van der Waals surface area contributed by atoms with E-state index in [1.807, 2.05) is 0 Å². The molecule has 0 bridgehead atoms. The number of sulfonamides is 1. The third kappa shape index (κ3) is 4.15. The number of halogens is 2. The molecule has 134 valence electrons. The van der Waals surface area contributed by atoms with Crippen LogP contribution in [0.15, 0.2) is 76.6 Å². The van der Waals surface area contributed by atoms with Crippen molar-refractivity contribution in [2.45, 2.75) is 11.4 Å². The fourth-order valence-electron chi connectivity index (χ4n) is 2.36. The summed E-state index contributed by atoms with van der Waals surface area (Å²) in [4.78, 5) is 11.2. The highest BCUT2D eigenvalue weighted by Crippen LogP contribution is 2.19. The van der Waals surface area contributed by atoms with Crippen molar-refractivity contribution in [3.8, 4) is 0 Å². The second kappa shape index (κ2) is 7.09. The average molecular weight is 376 g/mol. The Hall–Kier alpha value is -3.00. The fraction of sp³-hybridized carbons (Fsp3) is 0.0556. The van der Waals surface area contributed by atoms with Gasteiger partial charge in [0.25, 0.3) is 15.6 Å². The third-order valence-corrected chi connectivity index (χ3v) is 4.97. The van der Waals surface area contributed by atoms with Crippen molar-refractivity contribution in [2.75, 3.05) is 4.72 Å². The summed E-state index contributed by atoms with van der Waals surface area (Å²) in [6.07, 6.45) is 1.65. The molecule has 8 heteroatoms. The zero-order valence-electron chi connectivity index (χ0n) is 13.4. The van der Waals surface area contributed by atoms with Gasteiger partial charge in [-0.3, -0.25) is 9.52 Å². The largest absolute Gasteiger partial charge is 0.311 e. The Morgan fingerprint density at radius 3 is 2.19 bits per heavy atom. The first kappa shape index (κ1) is 17.8. The predicted molar refractivity (Wildman–Crippen MR) is 93.4 cm³/mol. The molecule has 0 saturated heterocycles. The molecule has 1 N–H and O–H groups in total. The number of nitrogens with zero attached hydrogens (tertiary/aromatic N) is 1. The van der Waals surface area contributed by atoms with Gasteiger partial charge in [0.05, 0.1) is 11.4 Å². The van der Waals surface area contributed by atoms with Gasteiger partial charge < -0.3 is 4.57 Å².